The number of hydrogen-bond donors (Lipinski definition) is 1. The number of nitrogens with zero attached hydrogens (tertiary/aromatic N) is 1. The van der Waals surface area contributed by atoms with Gasteiger partial charge in [-0.2, -0.15) is 5.26 Å². The van der Waals surface area contributed by atoms with E-state index in [0.29, 0.717) is 16.9 Å². The first-order chi connectivity index (χ1) is 6.24. The van der Waals surface area contributed by atoms with Gasteiger partial charge in [0.15, 0.2) is 0 Å². The number of aliphatic hydroxyl groups excluding tert-OH is 1. The second kappa shape index (κ2) is 4.44. The van der Waals surface area contributed by atoms with Gasteiger partial charge in [0.25, 0.3) is 0 Å². The van der Waals surface area contributed by atoms with Crippen LogP contribution in [0.25, 0.3) is 0 Å². The Hall–Kier alpha value is -0.800. The first kappa shape index (κ1) is 10.3. The smallest absolute Gasteiger partial charge is 0.139 e. The maximum absolute atomic E-state index is 8.97. The lowest BCUT2D eigenvalue weighted by Crippen LogP contribution is -1.96. The molecule has 1 rings (SSSR count). The molecule has 1 aromatic rings. The molecule has 0 aliphatic heterocycles. The molecule has 0 fully saturated rings. The van der Waals surface area contributed by atoms with Gasteiger partial charge in [-0.05, 0) is 28.7 Å². The van der Waals surface area contributed by atoms with Crippen LogP contribution < -0.4 is 4.74 Å². The SMILES string of the molecule is COc1c(CO)ccc(C#N)c1I. The van der Waals surface area contributed by atoms with Crippen molar-refractivity contribution in [2.45, 2.75) is 6.61 Å². The van der Waals surface area contributed by atoms with E-state index in [4.69, 9.17) is 15.1 Å². The Morgan fingerprint density at radius 1 is 1.62 bits per heavy atom. The lowest BCUT2D eigenvalue weighted by atomic mass is 10.1. The number of rotatable bonds is 2. The van der Waals surface area contributed by atoms with Gasteiger partial charge in [0.2, 0.25) is 0 Å². The average Bonchev–Trinajstić information content (AvgIpc) is 2.17. The number of halogens is 1. The van der Waals surface area contributed by atoms with E-state index < -0.39 is 0 Å². The fourth-order valence-corrected chi connectivity index (χ4v) is 1.89. The first-order valence-electron chi connectivity index (χ1n) is 3.61. The number of hydrogen-bond acceptors (Lipinski definition) is 3. The fraction of sp³-hybridized carbons (Fsp3) is 0.222. The highest BCUT2D eigenvalue weighted by atomic mass is 127. The molecule has 0 aliphatic carbocycles. The van der Waals surface area contributed by atoms with Gasteiger partial charge in [-0.15, -0.1) is 0 Å². The summed E-state index contributed by atoms with van der Waals surface area (Å²) in [5.74, 6) is 0.585. The summed E-state index contributed by atoms with van der Waals surface area (Å²) in [6, 6.07) is 5.42. The van der Waals surface area contributed by atoms with Gasteiger partial charge < -0.3 is 9.84 Å². The van der Waals surface area contributed by atoms with Crippen molar-refractivity contribution in [2.24, 2.45) is 0 Å². The van der Waals surface area contributed by atoms with E-state index in [2.05, 4.69) is 6.07 Å². The largest absolute Gasteiger partial charge is 0.495 e. The molecule has 68 valence electrons. The molecule has 0 aromatic heterocycles. The molecule has 0 atom stereocenters. The maximum atomic E-state index is 8.97. The summed E-state index contributed by atoms with van der Waals surface area (Å²) in [6.07, 6.45) is 0. The van der Waals surface area contributed by atoms with E-state index in [1.807, 2.05) is 22.6 Å². The van der Waals surface area contributed by atoms with Gasteiger partial charge in [-0.3, -0.25) is 0 Å². The van der Waals surface area contributed by atoms with Crippen molar-refractivity contribution in [1.82, 2.24) is 0 Å². The molecule has 0 amide bonds. The van der Waals surface area contributed by atoms with Crippen LogP contribution >= 0.6 is 22.6 Å². The highest BCUT2D eigenvalue weighted by Gasteiger charge is 2.10. The van der Waals surface area contributed by atoms with Gasteiger partial charge in [0, 0.05) is 5.56 Å². The Bertz CT molecular complexity index is 357. The Labute approximate surface area is 90.1 Å². The van der Waals surface area contributed by atoms with Gasteiger partial charge in [0.1, 0.15) is 11.8 Å². The Kier molecular flexibility index (Phi) is 3.51. The fourth-order valence-electron chi connectivity index (χ4n) is 1.03. The standard InChI is InChI=1S/C9H8INO2/c1-13-9-7(5-12)3-2-6(4-11)8(9)10/h2-3,12H,5H2,1H3. The van der Waals surface area contributed by atoms with Crippen molar-refractivity contribution in [3.05, 3.63) is 26.8 Å². The van der Waals surface area contributed by atoms with Crippen LogP contribution in [0.15, 0.2) is 12.1 Å². The minimum atomic E-state index is -0.0785. The zero-order valence-electron chi connectivity index (χ0n) is 7.04. The minimum Gasteiger partial charge on any atom is -0.495 e. The van der Waals surface area contributed by atoms with Crippen molar-refractivity contribution >= 4 is 22.6 Å². The van der Waals surface area contributed by atoms with Crippen LogP contribution in [0.4, 0.5) is 0 Å². The van der Waals surface area contributed by atoms with Crippen molar-refractivity contribution in [3.8, 4) is 11.8 Å². The summed E-state index contributed by atoms with van der Waals surface area (Å²) in [7, 11) is 1.53. The second-order valence-corrected chi connectivity index (χ2v) is 3.47. The minimum absolute atomic E-state index is 0.0785. The van der Waals surface area contributed by atoms with Crippen molar-refractivity contribution < 1.29 is 9.84 Å². The lowest BCUT2D eigenvalue weighted by Gasteiger charge is -2.08. The molecule has 0 saturated carbocycles. The zero-order chi connectivity index (χ0) is 9.84. The quantitative estimate of drug-likeness (QED) is 0.842. The third-order valence-electron chi connectivity index (χ3n) is 1.67. The molecule has 0 saturated heterocycles. The molecule has 4 heteroatoms. The second-order valence-electron chi connectivity index (χ2n) is 2.39. The topological polar surface area (TPSA) is 53.2 Å². The Balaban J connectivity index is 3.34. The molecule has 0 heterocycles. The van der Waals surface area contributed by atoms with Gasteiger partial charge >= 0.3 is 0 Å². The van der Waals surface area contributed by atoms with Crippen LogP contribution in [-0.2, 0) is 6.61 Å². The predicted octanol–water partition coefficient (Wildman–Crippen LogP) is 1.66. The van der Waals surface area contributed by atoms with Crippen LogP contribution in [0, 0.1) is 14.9 Å². The molecule has 1 aromatic carbocycles. The highest BCUT2D eigenvalue weighted by Crippen LogP contribution is 2.28. The molecule has 0 radical (unpaired) electrons. The lowest BCUT2D eigenvalue weighted by molar-refractivity contribution is 0.273. The molecule has 1 N–H and O–H groups in total. The normalized spacial score (nSPS) is 9.38. The number of aliphatic hydroxyl groups is 1. The highest BCUT2D eigenvalue weighted by molar-refractivity contribution is 14.1. The first-order valence-corrected chi connectivity index (χ1v) is 4.68. The van der Waals surface area contributed by atoms with E-state index in [1.165, 1.54) is 7.11 Å². The van der Waals surface area contributed by atoms with Crippen LogP contribution in [0.1, 0.15) is 11.1 Å². The summed E-state index contributed by atoms with van der Waals surface area (Å²) in [4.78, 5) is 0. The molecule has 0 unspecified atom stereocenters. The number of benzene rings is 1. The summed E-state index contributed by atoms with van der Waals surface area (Å²) in [6.45, 7) is -0.0785. The number of methoxy groups -OCH3 is 1. The van der Waals surface area contributed by atoms with Crippen molar-refractivity contribution in [1.29, 1.82) is 5.26 Å². The molecular weight excluding hydrogens is 281 g/mol. The van der Waals surface area contributed by atoms with Gasteiger partial charge in [0.05, 0.1) is 22.9 Å². The Morgan fingerprint density at radius 2 is 2.31 bits per heavy atom. The maximum Gasteiger partial charge on any atom is 0.139 e. The van der Waals surface area contributed by atoms with Crippen LogP contribution in [0.5, 0.6) is 5.75 Å². The van der Waals surface area contributed by atoms with Crippen molar-refractivity contribution in [3.63, 3.8) is 0 Å². The van der Waals surface area contributed by atoms with Crippen LogP contribution in [0.3, 0.4) is 0 Å². The zero-order valence-corrected chi connectivity index (χ0v) is 9.20. The van der Waals surface area contributed by atoms with E-state index >= 15 is 0 Å². The third kappa shape index (κ3) is 1.92. The molecule has 13 heavy (non-hydrogen) atoms. The van der Waals surface area contributed by atoms with E-state index in [-0.39, 0.29) is 6.61 Å². The summed E-state index contributed by atoms with van der Waals surface area (Å²) in [5, 5.41) is 17.7. The van der Waals surface area contributed by atoms with E-state index in [1.54, 1.807) is 12.1 Å². The number of nitriles is 1. The summed E-state index contributed by atoms with van der Waals surface area (Å²) >= 11 is 2.03. The summed E-state index contributed by atoms with van der Waals surface area (Å²) in [5.41, 5.74) is 1.26. The average molecular weight is 289 g/mol. The predicted molar refractivity (Wildman–Crippen MR) is 56.3 cm³/mol. The molecule has 0 spiro atoms. The third-order valence-corrected chi connectivity index (χ3v) is 2.74. The van der Waals surface area contributed by atoms with Gasteiger partial charge in [-0.25, -0.2) is 0 Å². The molecule has 3 nitrogen and oxygen atoms in total. The van der Waals surface area contributed by atoms with Crippen LogP contribution in [0.2, 0.25) is 0 Å². The summed E-state index contributed by atoms with van der Waals surface area (Å²) < 4.78 is 5.84. The molecule has 0 aliphatic rings. The van der Waals surface area contributed by atoms with Crippen LogP contribution in [-0.4, -0.2) is 12.2 Å². The monoisotopic (exact) mass is 289 g/mol. The van der Waals surface area contributed by atoms with E-state index in [0.717, 1.165) is 3.57 Å². The van der Waals surface area contributed by atoms with E-state index in [9.17, 15) is 0 Å². The Morgan fingerprint density at radius 3 is 2.77 bits per heavy atom. The molecule has 0 bridgehead atoms. The van der Waals surface area contributed by atoms with Gasteiger partial charge in [-0.1, -0.05) is 6.07 Å². The molecular formula is C9H8INO2. The number of ether oxygens (including phenoxy) is 1. The van der Waals surface area contributed by atoms with Crippen molar-refractivity contribution in [2.75, 3.05) is 7.11 Å².